The van der Waals surface area contributed by atoms with Crippen LogP contribution in [0.15, 0.2) is 0 Å². The molecule has 0 bridgehead atoms. The molecule has 61 heavy (non-hydrogen) atoms. The summed E-state index contributed by atoms with van der Waals surface area (Å²) in [6.07, 6.45) is -24.0. The number of hydrogen-bond donors (Lipinski definition) is 10. The molecule has 0 aromatic carbocycles. The lowest BCUT2D eigenvalue weighted by molar-refractivity contribution is -0.333. The average Bonchev–Trinajstić information content (AvgIpc) is 3.07. The zero-order chi connectivity index (χ0) is 46.6. The van der Waals surface area contributed by atoms with Gasteiger partial charge < -0.3 is 89.8 Å². The third-order valence-electron chi connectivity index (χ3n) is 9.27. The minimum atomic E-state index is -1.96. The van der Waals surface area contributed by atoms with E-state index in [9.17, 15) is 49.8 Å². The normalized spacial score (nSPS) is 35.0. The van der Waals surface area contributed by atoms with Gasteiger partial charge in [0, 0.05) is 6.54 Å². The van der Waals surface area contributed by atoms with Gasteiger partial charge in [0.05, 0.1) is 24.2 Å². The Morgan fingerprint density at radius 2 is 0.902 bits per heavy atom. The molecule has 0 radical (unpaired) electrons. The molecule has 22 heteroatoms. The first-order valence-electron chi connectivity index (χ1n) is 20.4. The number of alkyl carbamates (subject to hydrolysis) is 4. The van der Waals surface area contributed by atoms with E-state index in [4.69, 9.17) is 37.9 Å². The van der Waals surface area contributed by atoms with Gasteiger partial charge in [-0.15, -0.1) is 0 Å². The van der Waals surface area contributed by atoms with E-state index >= 15 is 0 Å². The molecule has 3 aliphatic rings. The molecule has 2 saturated heterocycles. The quantitative estimate of drug-likeness (QED) is 0.133. The molecule has 0 aromatic heterocycles. The molecule has 3 fully saturated rings. The fraction of sp³-hybridized carbons (Fsp3) is 0.897. The Morgan fingerprint density at radius 3 is 1.33 bits per heavy atom. The summed E-state index contributed by atoms with van der Waals surface area (Å²) >= 11 is 0. The molecule has 0 spiro atoms. The van der Waals surface area contributed by atoms with Gasteiger partial charge in [-0.05, 0) is 95.9 Å². The second kappa shape index (κ2) is 20.5. The van der Waals surface area contributed by atoms with Crippen LogP contribution in [-0.2, 0) is 37.9 Å². The lowest BCUT2D eigenvalue weighted by Gasteiger charge is -2.49. The van der Waals surface area contributed by atoms with Gasteiger partial charge in [0.25, 0.3) is 0 Å². The molecule has 22 nitrogen and oxygen atoms in total. The van der Waals surface area contributed by atoms with Crippen molar-refractivity contribution in [3.63, 3.8) is 0 Å². The van der Waals surface area contributed by atoms with Gasteiger partial charge >= 0.3 is 24.4 Å². The van der Waals surface area contributed by atoms with E-state index in [0.717, 1.165) is 0 Å². The van der Waals surface area contributed by atoms with Crippen molar-refractivity contribution < 1.29 is 87.7 Å². The van der Waals surface area contributed by atoms with E-state index in [2.05, 4.69) is 21.3 Å². The molecule has 0 aromatic rings. The van der Waals surface area contributed by atoms with Crippen molar-refractivity contribution in [3.05, 3.63) is 0 Å². The Hall–Kier alpha value is -3.32. The lowest BCUT2D eigenvalue weighted by atomic mass is 9.83. The van der Waals surface area contributed by atoms with Crippen LogP contribution < -0.4 is 21.3 Å². The molecule has 2 heterocycles. The Labute approximate surface area is 356 Å². The summed E-state index contributed by atoms with van der Waals surface area (Å²) in [5.74, 6) is 0. The van der Waals surface area contributed by atoms with Crippen LogP contribution >= 0.6 is 0 Å². The Balaban J connectivity index is 2.05. The van der Waals surface area contributed by atoms with Gasteiger partial charge in [-0.3, -0.25) is 0 Å². The molecular formula is C39H70N4O18. The van der Waals surface area contributed by atoms with Gasteiger partial charge in [0.15, 0.2) is 12.6 Å². The second-order valence-corrected chi connectivity index (χ2v) is 19.4. The zero-order valence-electron chi connectivity index (χ0n) is 37.4. The summed E-state index contributed by atoms with van der Waals surface area (Å²) in [5.41, 5.74) is -3.79. The minimum absolute atomic E-state index is 0.162. The summed E-state index contributed by atoms with van der Waals surface area (Å²) in [4.78, 5) is 51.8. The Kier molecular flexibility index (Phi) is 17.4. The largest absolute Gasteiger partial charge is 0.444 e. The van der Waals surface area contributed by atoms with Crippen LogP contribution in [0.25, 0.3) is 0 Å². The Bertz CT molecular complexity index is 1480. The van der Waals surface area contributed by atoms with E-state index in [-0.39, 0.29) is 12.8 Å². The highest BCUT2D eigenvalue weighted by Gasteiger charge is 2.54. The maximum Gasteiger partial charge on any atom is 0.408 e. The number of ether oxygens (including phenoxy) is 8. The van der Waals surface area contributed by atoms with Crippen LogP contribution in [0.1, 0.15) is 103 Å². The number of nitrogens with one attached hydrogen (secondary N) is 4. The van der Waals surface area contributed by atoms with E-state index in [1.165, 1.54) is 0 Å². The number of amides is 4. The van der Waals surface area contributed by atoms with Crippen LogP contribution in [0.2, 0.25) is 0 Å². The van der Waals surface area contributed by atoms with Crippen LogP contribution in [0.3, 0.4) is 0 Å². The molecule has 1 saturated carbocycles. The first-order valence-corrected chi connectivity index (χ1v) is 20.4. The Morgan fingerprint density at radius 1 is 0.508 bits per heavy atom. The van der Waals surface area contributed by atoms with E-state index in [0.29, 0.717) is 0 Å². The van der Waals surface area contributed by atoms with Crippen LogP contribution in [-0.4, -0.2) is 176 Å². The summed E-state index contributed by atoms with van der Waals surface area (Å²) in [6.45, 7) is 20.7. The van der Waals surface area contributed by atoms with Crippen molar-refractivity contribution in [2.45, 2.75) is 217 Å². The predicted molar refractivity (Wildman–Crippen MR) is 212 cm³/mol. The monoisotopic (exact) mass is 882 g/mol. The third kappa shape index (κ3) is 15.8. The van der Waals surface area contributed by atoms with Crippen LogP contribution in [0.4, 0.5) is 19.2 Å². The highest BCUT2D eigenvalue weighted by Crippen LogP contribution is 2.34. The van der Waals surface area contributed by atoms with Crippen molar-refractivity contribution >= 4 is 24.4 Å². The topological polar surface area (TPSA) is 312 Å². The predicted octanol–water partition coefficient (Wildman–Crippen LogP) is 0.390. The molecule has 10 N–H and O–H groups in total. The molecule has 354 valence electrons. The van der Waals surface area contributed by atoms with Crippen molar-refractivity contribution in [1.29, 1.82) is 0 Å². The molecule has 2 aliphatic heterocycles. The summed E-state index contributed by atoms with van der Waals surface area (Å²) in [6, 6.07) is -4.00. The van der Waals surface area contributed by atoms with E-state index in [1.807, 2.05) is 0 Å². The first kappa shape index (κ1) is 52.0. The lowest BCUT2D eigenvalue weighted by Crippen LogP contribution is -2.70. The second-order valence-electron chi connectivity index (χ2n) is 19.4. The van der Waals surface area contributed by atoms with Crippen LogP contribution in [0, 0.1) is 0 Å². The van der Waals surface area contributed by atoms with Gasteiger partial charge in [0.1, 0.15) is 77.3 Å². The average molecular weight is 883 g/mol. The smallest absolute Gasteiger partial charge is 0.408 e. The minimum Gasteiger partial charge on any atom is -0.444 e. The molecule has 15 unspecified atom stereocenters. The maximum absolute atomic E-state index is 13.3. The van der Waals surface area contributed by atoms with Crippen molar-refractivity contribution in [1.82, 2.24) is 21.3 Å². The fourth-order valence-electron chi connectivity index (χ4n) is 6.76. The molecule has 3 rings (SSSR count). The highest BCUT2D eigenvalue weighted by molar-refractivity contribution is 5.70. The van der Waals surface area contributed by atoms with Gasteiger partial charge in [-0.2, -0.15) is 0 Å². The third-order valence-corrected chi connectivity index (χ3v) is 9.27. The number of carbonyl (C=O) groups is 4. The summed E-state index contributed by atoms with van der Waals surface area (Å²) < 4.78 is 45.7. The standard InChI is InChI=1S/C39H70N4O18/c1-14-19-22(44)21(43-35(53)61-39(11,12)13)24(46)30(54-19)56-28-17(41-33(51)59-37(5,6)7)15-18(42-34(52)60-38(8,9)10)29(27(28)49)57-31-26(48)25(47)23(45)20(55-31)16-40-32(50)58-36(2,3)4/h17-31,44-49H,14-16H2,1-13H3,(H,40,50)(H,41,51)(H,42,52)(H,43,53). The van der Waals surface area contributed by atoms with Crippen molar-refractivity contribution in [2.75, 3.05) is 6.54 Å². The van der Waals surface area contributed by atoms with E-state index < -0.39 is 145 Å². The number of carbonyl (C=O) groups excluding carboxylic acids is 4. The number of hydrogen-bond acceptors (Lipinski definition) is 18. The summed E-state index contributed by atoms with van der Waals surface area (Å²) in [7, 11) is 0. The molecule has 1 aliphatic carbocycles. The van der Waals surface area contributed by atoms with E-state index in [1.54, 1.807) is 90.0 Å². The maximum atomic E-state index is 13.3. The SMILES string of the molecule is CCC1OC(OC2C(NC(=O)OC(C)(C)C)CC(NC(=O)OC(C)(C)C)C(OC3OC(CNC(=O)OC(C)(C)C)C(O)C(O)C3O)C2O)C(O)C(NC(=O)OC(C)(C)C)C1O. The zero-order valence-corrected chi connectivity index (χ0v) is 37.4. The molecule has 4 amide bonds. The van der Waals surface area contributed by atoms with Gasteiger partial charge in [0.2, 0.25) is 0 Å². The molecule has 15 atom stereocenters. The number of aliphatic hydroxyl groups is 6. The first-order chi connectivity index (χ1) is 27.8. The summed E-state index contributed by atoms with van der Waals surface area (Å²) in [5, 5.41) is 77.8. The number of aliphatic hydroxyl groups excluding tert-OH is 6. The highest BCUT2D eigenvalue weighted by atomic mass is 16.7. The van der Waals surface area contributed by atoms with Crippen LogP contribution in [0.5, 0.6) is 0 Å². The van der Waals surface area contributed by atoms with Crippen molar-refractivity contribution in [2.24, 2.45) is 0 Å². The molecular weight excluding hydrogens is 812 g/mol. The number of rotatable bonds is 10. The van der Waals surface area contributed by atoms with Crippen molar-refractivity contribution in [3.8, 4) is 0 Å². The van der Waals surface area contributed by atoms with Gasteiger partial charge in [-0.25, -0.2) is 19.2 Å². The van der Waals surface area contributed by atoms with Gasteiger partial charge in [-0.1, -0.05) is 6.92 Å². The fourth-order valence-corrected chi connectivity index (χ4v) is 6.76.